The highest BCUT2D eigenvalue weighted by molar-refractivity contribution is 7.89. The Hall–Kier alpha value is -2.09. The molecule has 0 unspecified atom stereocenters. The molecule has 190 valence electrons. The van der Waals surface area contributed by atoms with Crippen molar-refractivity contribution in [2.45, 2.75) is 61.8 Å². The minimum Gasteiger partial charge on any atom is -0.497 e. The second-order valence-electron chi connectivity index (χ2n) is 9.99. The maximum absolute atomic E-state index is 12.5. The summed E-state index contributed by atoms with van der Waals surface area (Å²) < 4.78 is 33.1. The van der Waals surface area contributed by atoms with E-state index >= 15 is 0 Å². The molecule has 2 atom stereocenters. The van der Waals surface area contributed by atoms with Gasteiger partial charge in [0.2, 0.25) is 10.0 Å². The number of rotatable bonds is 7. The van der Waals surface area contributed by atoms with Gasteiger partial charge in [-0.2, -0.15) is 0 Å². The number of nitrogens with zero attached hydrogens (tertiary/aromatic N) is 1. The number of halogens is 1. The van der Waals surface area contributed by atoms with Crippen LogP contribution in [-0.2, 0) is 16.4 Å². The molecule has 5 rings (SSSR count). The topological polar surface area (TPSA) is 79.8 Å². The van der Waals surface area contributed by atoms with Gasteiger partial charge in [0.25, 0.3) is 0 Å². The van der Waals surface area contributed by atoms with E-state index in [1.165, 1.54) is 11.1 Å². The lowest BCUT2D eigenvalue weighted by molar-refractivity contribution is 0.275. The van der Waals surface area contributed by atoms with Crippen LogP contribution in [0.25, 0.3) is 0 Å². The Morgan fingerprint density at radius 3 is 2.40 bits per heavy atom. The SMILES string of the molecule is COc1ccc2c(c1)CC[C@@H]1N=C(NCC3CCC(CNS(=O)(=O)c4ccccc4)CC3)C[C@H]21.Cl. The minimum atomic E-state index is -3.42. The maximum Gasteiger partial charge on any atom is 0.240 e. The molecule has 1 saturated carbocycles. The fourth-order valence-electron chi connectivity index (χ4n) is 5.79. The van der Waals surface area contributed by atoms with Gasteiger partial charge in [-0.1, -0.05) is 24.3 Å². The molecule has 2 aliphatic carbocycles. The van der Waals surface area contributed by atoms with Gasteiger partial charge in [-0.05, 0) is 85.8 Å². The molecule has 6 nitrogen and oxygen atoms in total. The Kier molecular flexibility index (Phi) is 8.40. The van der Waals surface area contributed by atoms with Crippen LogP contribution in [0.15, 0.2) is 58.4 Å². The monoisotopic (exact) mass is 517 g/mol. The van der Waals surface area contributed by atoms with E-state index in [9.17, 15) is 8.42 Å². The zero-order chi connectivity index (χ0) is 23.5. The lowest BCUT2D eigenvalue weighted by Gasteiger charge is -2.29. The number of amidine groups is 1. The van der Waals surface area contributed by atoms with Crippen molar-refractivity contribution in [1.29, 1.82) is 0 Å². The number of fused-ring (bicyclic) bond motifs is 3. The van der Waals surface area contributed by atoms with Crippen LogP contribution in [0.5, 0.6) is 5.75 Å². The standard InChI is InChI=1S/C27H35N3O3S.ClH/c1-33-22-12-13-24-21(15-22)11-14-26-25(24)16-27(30-26)28-17-19-7-9-20(10-8-19)18-29-34(31,32)23-5-3-2-4-6-23;/h2-6,12-13,15,19-20,25-26,29H,7-11,14,16-18H2,1H3,(H,28,30);1H/t19?,20?,25-,26+;/m1./s1. The van der Waals surface area contributed by atoms with Crippen LogP contribution in [0.2, 0.25) is 0 Å². The van der Waals surface area contributed by atoms with Gasteiger partial charge >= 0.3 is 0 Å². The van der Waals surface area contributed by atoms with Crippen LogP contribution in [0.3, 0.4) is 0 Å². The number of aryl methyl sites for hydroxylation is 1. The Balaban J connectivity index is 0.00000289. The van der Waals surface area contributed by atoms with Crippen molar-refractivity contribution in [2.75, 3.05) is 20.2 Å². The number of methoxy groups -OCH3 is 1. The van der Waals surface area contributed by atoms with E-state index < -0.39 is 10.0 Å². The number of ether oxygens (including phenoxy) is 1. The van der Waals surface area contributed by atoms with Crippen LogP contribution < -0.4 is 14.8 Å². The Morgan fingerprint density at radius 1 is 0.971 bits per heavy atom. The number of aliphatic imine (C=N–C) groups is 1. The summed E-state index contributed by atoms with van der Waals surface area (Å²) in [5.41, 5.74) is 2.86. The third-order valence-corrected chi connectivity index (χ3v) is 9.27. The maximum atomic E-state index is 12.5. The van der Waals surface area contributed by atoms with Crippen LogP contribution in [-0.4, -0.2) is 40.5 Å². The molecular formula is C27H36ClN3O3S. The third kappa shape index (κ3) is 6.01. The summed E-state index contributed by atoms with van der Waals surface area (Å²) in [6.07, 6.45) is 7.58. The normalized spacial score (nSPS) is 25.6. The lowest BCUT2D eigenvalue weighted by atomic mass is 9.79. The fourth-order valence-corrected chi connectivity index (χ4v) is 6.93. The van der Waals surface area contributed by atoms with Crippen molar-refractivity contribution >= 4 is 28.3 Å². The van der Waals surface area contributed by atoms with Crippen molar-refractivity contribution in [3.8, 4) is 5.75 Å². The van der Waals surface area contributed by atoms with Gasteiger partial charge in [-0.25, -0.2) is 13.1 Å². The molecule has 0 radical (unpaired) electrons. The van der Waals surface area contributed by atoms with E-state index in [0.717, 1.165) is 63.1 Å². The number of nitrogens with one attached hydrogen (secondary N) is 2. The van der Waals surface area contributed by atoms with Crippen molar-refractivity contribution < 1.29 is 13.2 Å². The molecule has 0 aromatic heterocycles. The summed E-state index contributed by atoms with van der Waals surface area (Å²) in [7, 11) is -1.69. The van der Waals surface area contributed by atoms with Gasteiger partial charge in [-0.15, -0.1) is 12.4 Å². The second-order valence-corrected chi connectivity index (χ2v) is 11.8. The predicted molar refractivity (Wildman–Crippen MR) is 142 cm³/mol. The summed E-state index contributed by atoms with van der Waals surface area (Å²) in [6.45, 7) is 1.49. The quantitative estimate of drug-likeness (QED) is 0.558. The molecule has 8 heteroatoms. The minimum absolute atomic E-state index is 0. The highest BCUT2D eigenvalue weighted by Gasteiger charge is 2.35. The Labute approximate surface area is 215 Å². The first-order valence-corrected chi connectivity index (χ1v) is 14.0. The van der Waals surface area contributed by atoms with Gasteiger partial charge in [0.05, 0.1) is 23.9 Å². The smallest absolute Gasteiger partial charge is 0.240 e. The predicted octanol–water partition coefficient (Wildman–Crippen LogP) is 4.69. The van der Waals surface area contributed by atoms with E-state index in [2.05, 4.69) is 28.2 Å². The number of hydrogen-bond donors (Lipinski definition) is 2. The van der Waals surface area contributed by atoms with E-state index in [1.807, 2.05) is 6.07 Å². The second kappa shape index (κ2) is 11.3. The summed E-state index contributed by atoms with van der Waals surface area (Å²) >= 11 is 0. The first kappa shape index (κ1) is 26.0. The van der Waals surface area contributed by atoms with Crippen molar-refractivity contribution in [3.05, 3.63) is 59.7 Å². The van der Waals surface area contributed by atoms with E-state index in [1.54, 1.807) is 31.4 Å². The van der Waals surface area contributed by atoms with E-state index in [4.69, 9.17) is 9.73 Å². The fraction of sp³-hybridized carbons (Fsp3) is 0.519. The molecule has 1 heterocycles. The summed E-state index contributed by atoms with van der Waals surface area (Å²) in [4.78, 5) is 5.37. The van der Waals surface area contributed by atoms with Crippen molar-refractivity contribution in [1.82, 2.24) is 10.0 Å². The molecule has 2 N–H and O–H groups in total. The van der Waals surface area contributed by atoms with Crippen LogP contribution in [0.1, 0.15) is 55.6 Å². The van der Waals surface area contributed by atoms with Crippen LogP contribution in [0, 0.1) is 11.8 Å². The molecule has 1 fully saturated rings. The summed E-state index contributed by atoms with van der Waals surface area (Å²) in [5, 5.41) is 3.67. The molecule has 35 heavy (non-hydrogen) atoms. The van der Waals surface area contributed by atoms with Crippen molar-refractivity contribution in [2.24, 2.45) is 16.8 Å². The average Bonchev–Trinajstić information content (AvgIpc) is 3.31. The Bertz CT molecular complexity index is 1130. The molecule has 0 spiro atoms. The average molecular weight is 518 g/mol. The Morgan fingerprint density at radius 2 is 1.69 bits per heavy atom. The first-order chi connectivity index (χ1) is 16.5. The van der Waals surface area contributed by atoms with E-state index in [-0.39, 0.29) is 12.4 Å². The highest BCUT2D eigenvalue weighted by atomic mass is 35.5. The zero-order valence-corrected chi connectivity index (χ0v) is 21.9. The lowest BCUT2D eigenvalue weighted by Crippen LogP contribution is -2.34. The zero-order valence-electron chi connectivity index (χ0n) is 20.3. The molecule has 2 aromatic carbocycles. The molecule has 0 amide bonds. The number of sulfonamides is 1. The third-order valence-electron chi connectivity index (χ3n) is 7.84. The van der Waals surface area contributed by atoms with Gasteiger partial charge in [0, 0.05) is 25.4 Å². The first-order valence-electron chi connectivity index (χ1n) is 12.5. The molecule has 1 aliphatic heterocycles. The van der Waals surface area contributed by atoms with Gasteiger partial charge < -0.3 is 10.1 Å². The number of hydrogen-bond acceptors (Lipinski definition) is 5. The van der Waals surface area contributed by atoms with Crippen LogP contribution in [0.4, 0.5) is 0 Å². The highest BCUT2D eigenvalue weighted by Crippen LogP contribution is 2.41. The molecule has 0 bridgehead atoms. The number of benzene rings is 2. The summed E-state index contributed by atoms with van der Waals surface area (Å²) in [5.74, 6) is 3.64. The molecule has 3 aliphatic rings. The van der Waals surface area contributed by atoms with Crippen molar-refractivity contribution in [3.63, 3.8) is 0 Å². The largest absolute Gasteiger partial charge is 0.497 e. The summed E-state index contributed by atoms with van der Waals surface area (Å²) in [6, 6.07) is 15.5. The van der Waals surface area contributed by atoms with Gasteiger partial charge in [0.15, 0.2) is 0 Å². The molecular weight excluding hydrogens is 482 g/mol. The van der Waals surface area contributed by atoms with Gasteiger partial charge in [0.1, 0.15) is 5.75 Å². The van der Waals surface area contributed by atoms with Crippen LogP contribution >= 0.6 is 12.4 Å². The molecule has 2 aromatic rings. The van der Waals surface area contributed by atoms with E-state index in [0.29, 0.717) is 35.2 Å². The van der Waals surface area contributed by atoms with Gasteiger partial charge in [-0.3, -0.25) is 4.99 Å². The molecule has 0 saturated heterocycles.